The molecule has 4 aromatic rings. The van der Waals surface area contributed by atoms with Crippen LogP contribution in [0.25, 0.3) is 0 Å². The van der Waals surface area contributed by atoms with Gasteiger partial charge < -0.3 is 9.47 Å². The van der Waals surface area contributed by atoms with E-state index >= 15 is 0 Å². The zero-order valence-corrected chi connectivity index (χ0v) is 26.5. The average Bonchev–Trinajstić information content (AvgIpc) is 2.98. The summed E-state index contributed by atoms with van der Waals surface area (Å²) in [6.45, 7) is 7.04. The van der Waals surface area contributed by atoms with Crippen LogP contribution in [0.15, 0.2) is 85.3 Å². The van der Waals surface area contributed by atoms with Gasteiger partial charge in [-0.3, -0.25) is 24.4 Å². The molecule has 0 amide bonds. The minimum atomic E-state index is -1.05. The standard InChI is InChI=1S/C19H20ClNO3.C15H12ClNO3/c1-12-15(6-5-11-21-12)17(22)16(18(23)24-19(2,3)4)13-7-9-14(20)10-8-13;1-20-15(19)12-6-7-17-9-13(12)14(18)8-10-2-4-11(16)5-3-10/h5-11,16H,1-4H3;2-7,9H,8H2,1H3. The monoisotopic (exact) mass is 634 g/mol. The third-order valence-electron chi connectivity index (χ3n) is 6.19. The van der Waals surface area contributed by atoms with Gasteiger partial charge in [-0.15, -0.1) is 0 Å². The maximum absolute atomic E-state index is 13.0. The molecule has 0 aliphatic heterocycles. The molecule has 1 atom stereocenters. The lowest BCUT2D eigenvalue weighted by Gasteiger charge is -2.24. The van der Waals surface area contributed by atoms with Crippen LogP contribution >= 0.6 is 23.2 Å². The predicted molar refractivity (Wildman–Crippen MR) is 168 cm³/mol. The lowest BCUT2D eigenvalue weighted by atomic mass is 9.90. The highest BCUT2D eigenvalue weighted by Gasteiger charge is 2.34. The summed E-state index contributed by atoms with van der Waals surface area (Å²) in [5.74, 6) is -2.72. The first-order valence-corrected chi connectivity index (χ1v) is 14.3. The fourth-order valence-corrected chi connectivity index (χ4v) is 4.35. The van der Waals surface area contributed by atoms with E-state index in [1.165, 1.54) is 25.6 Å². The molecular formula is C34H32Cl2N2O6. The zero-order chi connectivity index (χ0) is 32.4. The van der Waals surface area contributed by atoms with Gasteiger partial charge in [0.05, 0.1) is 18.2 Å². The molecule has 8 nitrogen and oxygen atoms in total. The summed E-state index contributed by atoms with van der Waals surface area (Å²) in [6.07, 6.45) is 4.61. The van der Waals surface area contributed by atoms with Crippen LogP contribution in [0.5, 0.6) is 0 Å². The van der Waals surface area contributed by atoms with Crippen LogP contribution in [0.3, 0.4) is 0 Å². The van der Waals surface area contributed by atoms with Crippen molar-refractivity contribution >= 4 is 46.7 Å². The number of nitrogens with zero attached hydrogens (tertiary/aromatic N) is 2. The summed E-state index contributed by atoms with van der Waals surface area (Å²) in [4.78, 5) is 57.6. The van der Waals surface area contributed by atoms with Gasteiger partial charge in [-0.05, 0) is 81.3 Å². The molecule has 1 unspecified atom stereocenters. The number of pyridine rings is 2. The van der Waals surface area contributed by atoms with Gasteiger partial charge in [0.15, 0.2) is 11.6 Å². The lowest BCUT2D eigenvalue weighted by Crippen LogP contribution is -2.31. The van der Waals surface area contributed by atoms with Crippen molar-refractivity contribution in [1.82, 2.24) is 9.97 Å². The summed E-state index contributed by atoms with van der Waals surface area (Å²) in [6, 6.07) is 18.4. The molecule has 10 heteroatoms. The van der Waals surface area contributed by atoms with Gasteiger partial charge >= 0.3 is 11.9 Å². The Bertz CT molecular complexity index is 1630. The van der Waals surface area contributed by atoms with Crippen LogP contribution in [-0.2, 0) is 20.7 Å². The number of benzene rings is 2. The highest BCUT2D eigenvalue weighted by molar-refractivity contribution is 6.30. The van der Waals surface area contributed by atoms with E-state index in [0.717, 1.165) is 5.56 Å². The summed E-state index contributed by atoms with van der Waals surface area (Å²) in [5, 5.41) is 1.14. The van der Waals surface area contributed by atoms with Crippen molar-refractivity contribution in [1.29, 1.82) is 0 Å². The molecular weight excluding hydrogens is 603 g/mol. The number of halogens is 2. The number of hydrogen-bond donors (Lipinski definition) is 0. The first kappa shape index (κ1) is 34.1. The topological polar surface area (TPSA) is 113 Å². The number of hydrogen-bond acceptors (Lipinski definition) is 8. The molecule has 0 fully saturated rings. The van der Waals surface area contributed by atoms with Crippen LogP contribution in [0.1, 0.15) is 74.6 Å². The van der Waals surface area contributed by atoms with Crippen molar-refractivity contribution in [3.8, 4) is 0 Å². The SMILES string of the molecule is COC(=O)c1ccncc1C(=O)Cc1ccc(Cl)cc1.Cc1ncccc1C(=O)C(C(=O)OC(C)(C)C)c1ccc(Cl)cc1. The third-order valence-corrected chi connectivity index (χ3v) is 6.69. The van der Waals surface area contributed by atoms with Gasteiger partial charge in [-0.1, -0.05) is 47.5 Å². The molecule has 2 heterocycles. The quantitative estimate of drug-likeness (QED) is 0.113. The second kappa shape index (κ2) is 15.4. The molecule has 44 heavy (non-hydrogen) atoms. The number of ether oxygens (including phenoxy) is 2. The van der Waals surface area contributed by atoms with Crippen molar-refractivity contribution in [2.75, 3.05) is 7.11 Å². The van der Waals surface area contributed by atoms with Gasteiger partial charge in [-0.25, -0.2) is 4.79 Å². The van der Waals surface area contributed by atoms with E-state index < -0.39 is 23.5 Å². The Morgan fingerprint density at radius 3 is 2.00 bits per heavy atom. The van der Waals surface area contributed by atoms with Crippen molar-refractivity contribution in [3.05, 3.63) is 129 Å². The van der Waals surface area contributed by atoms with E-state index in [4.69, 9.17) is 27.9 Å². The van der Waals surface area contributed by atoms with Gasteiger partial charge in [0.2, 0.25) is 0 Å². The van der Waals surface area contributed by atoms with Crippen LogP contribution in [0.4, 0.5) is 0 Å². The van der Waals surface area contributed by atoms with E-state index in [-0.39, 0.29) is 29.1 Å². The van der Waals surface area contributed by atoms with E-state index in [1.807, 2.05) is 0 Å². The minimum Gasteiger partial charge on any atom is -0.465 e. The molecule has 0 bridgehead atoms. The van der Waals surface area contributed by atoms with E-state index in [0.29, 0.717) is 26.9 Å². The largest absolute Gasteiger partial charge is 0.465 e. The molecule has 2 aromatic carbocycles. The molecule has 0 saturated heterocycles. The lowest BCUT2D eigenvalue weighted by molar-refractivity contribution is -0.155. The van der Waals surface area contributed by atoms with Crippen LogP contribution in [0, 0.1) is 6.92 Å². The maximum atomic E-state index is 13.0. The molecule has 4 rings (SSSR count). The molecule has 0 aliphatic rings. The third kappa shape index (κ3) is 9.56. The molecule has 0 radical (unpaired) electrons. The average molecular weight is 636 g/mol. The second-order valence-electron chi connectivity index (χ2n) is 10.7. The Morgan fingerprint density at radius 2 is 1.43 bits per heavy atom. The smallest absolute Gasteiger partial charge is 0.338 e. The Morgan fingerprint density at radius 1 is 0.818 bits per heavy atom. The maximum Gasteiger partial charge on any atom is 0.338 e. The van der Waals surface area contributed by atoms with Gasteiger partial charge in [0.25, 0.3) is 0 Å². The van der Waals surface area contributed by atoms with Crippen molar-refractivity contribution in [2.45, 2.75) is 45.6 Å². The molecule has 0 N–H and O–H groups in total. The first-order valence-electron chi connectivity index (χ1n) is 13.5. The highest BCUT2D eigenvalue weighted by atomic mass is 35.5. The Hall–Kier alpha value is -4.40. The van der Waals surface area contributed by atoms with E-state index in [9.17, 15) is 19.2 Å². The number of esters is 2. The normalized spacial score (nSPS) is 11.4. The van der Waals surface area contributed by atoms with Gasteiger partial charge in [-0.2, -0.15) is 0 Å². The number of Topliss-reactive ketones (excluding diaryl/α,β-unsaturated/α-hetero) is 2. The zero-order valence-electron chi connectivity index (χ0n) is 25.0. The number of methoxy groups -OCH3 is 1. The number of carbonyl (C=O) groups excluding carboxylic acids is 4. The molecule has 2 aromatic heterocycles. The number of ketones is 2. The van der Waals surface area contributed by atoms with Crippen molar-refractivity contribution in [3.63, 3.8) is 0 Å². The number of carbonyl (C=O) groups is 4. The second-order valence-corrected chi connectivity index (χ2v) is 11.5. The summed E-state index contributed by atoms with van der Waals surface area (Å²) in [7, 11) is 1.27. The summed E-state index contributed by atoms with van der Waals surface area (Å²) >= 11 is 11.7. The van der Waals surface area contributed by atoms with Crippen LogP contribution in [0.2, 0.25) is 10.0 Å². The van der Waals surface area contributed by atoms with Crippen molar-refractivity contribution < 1.29 is 28.7 Å². The van der Waals surface area contributed by atoms with Gasteiger partial charge in [0.1, 0.15) is 11.5 Å². The Labute approximate surface area is 266 Å². The first-order chi connectivity index (χ1) is 20.8. The van der Waals surface area contributed by atoms with E-state index in [2.05, 4.69) is 14.7 Å². The Kier molecular flexibility index (Phi) is 11.9. The number of aromatic nitrogens is 2. The Balaban J connectivity index is 0.000000244. The fraction of sp³-hybridized carbons (Fsp3) is 0.235. The number of rotatable bonds is 8. The molecule has 0 spiro atoms. The predicted octanol–water partition coefficient (Wildman–Crippen LogP) is 7.30. The van der Waals surface area contributed by atoms with Gasteiger partial charge in [0, 0.05) is 46.3 Å². The fourth-order valence-electron chi connectivity index (χ4n) is 4.10. The van der Waals surface area contributed by atoms with Crippen molar-refractivity contribution in [2.24, 2.45) is 0 Å². The molecule has 228 valence electrons. The highest BCUT2D eigenvalue weighted by Crippen LogP contribution is 2.27. The molecule has 0 saturated carbocycles. The van der Waals surface area contributed by atoms with Crippen LogP contribution < -0.4 is 0 Å². The van der Waals surface area contributed by atoms with E-state index in [1.54, 1.807) is 94.6 Å². The molecule has 0 aliphatic carbocycles. The minimum absolute atomic E-state index is 0.173. The summed E-state index contributed by atoms with van der Waals surface area (Å²) in [5.41, 5.74) is 2.14. The number of aryl methyl sites for hydroxylation is 1. The van der Waals surface area contributed by atoms with Crippen LogP contribution in [-0.4, -0.2) is 46.2 Å². The summed E-state index contributed by atoms with van der Waals surface area (Å²) < 4.78 is 10.1.